The highest BCUT2D eigenvalue weighted by Gasteiger charge is 2.44. The molecular weight excluding hydrogens is 402 g/mol. The van der Waals surface area contributed by atoms with Crippen molar-refractivity contribution in [3.63, 3.8) is 0 Å². The van der Waals surface area contributed by atoms with Crippen LogP contribution in [0, 0.1) is 11.7 Å². The van der Waals surface area contributed by atoms with Crippen molar-refractivity contribution < 1.29 is 27.2 Å². The first-order valence-electron chi connectivity index (χ1n) is 9.68. The lowest BCUT2D eigenvalue weighted by Gasteiger charge is -2.30. The number of anilines is 1. The summed E-state index contributed by atoms with van der Waals surface area (Å²) >= 11 is 0. The molecule has 5 nitrogen and oxygen atoms in total. The van der Waals surface area contributed by atoms with Gasteiger partial charge < -0.3 is 10.2 Å². The molecule has 0 saturated heterocycles. The number of nitrogens with zero attached hydrogens (tertiary/aromatic N) is 2. The van der Waals surface area contributed by atoms with Crippen LogP contribution in [0.2, 0.25) is 0 Å². The molecule has 0 bridgehead atoms. The lowest BCUT2D eigenvalue weighted by molar-refractivity contribution is -0.156. The molecule has 4 rings (SSSR count). The van der Waals surface area contributed by atoms with E-state index in [1.807, 2.05) is 5.32 Å². The molecule has 30 heavy (non-hydrogen) atoms. The maximum atomic E-state index is 13.7. The number of carbonyl (C=O) groups excluding carboxylic acids is 2. The summed E-state index contributed by atoms with van der Waals surface area (Å²) in [5, 5.41) is 1.95. The van der Waals surface area contributed by atoms with Crippen LogP contribution < -0.4 is 10.2 Å². The molecule has 0 spiro atoms. The van der Waals surface area contributed by atoms with Crippen molar-refractivity contribution in [3.8, 4) is 0 Å². The van der Waals surface area contributed by atoms with E-state index in [-0.39, 0.29) is 23.1 Å². The second-order valence-corrected chi connectivity index (χ2v) is 7.52. The molecule has 1 aliphatic carbocycles. The Morgan fingerprint density at radius 3 is 2.43 bits per heavy atom. The number of fused-ring (bicyclic) bond motifs is 1. The maximum absolute atomic E-state index is 13.7. The quantitative estimate of drug-likeness (QED) is 0.761. The first-order valence-corrected chi connectivity index (χ1v) is 9.68. The van der Waals surface area contributed by atoms with Gasteiger partial charge in [0.15, 0.2) is 6.04 Å². The molecule has 0 radical (unpaired) electrons. The Balaban J connectivity index is 1.61. The fourth-order valence-corrected chi connectivity index (χ4v) is 3.55. The summed E-state index contributed by atoms with van der Waals surface area (Å²) in [7, 11) is 0. The molecule has 1 aromatic heterocycles. The van der Waals surface area contributed by atoms with Gasteiger partial charge in [-0.1, -0.05) is 0 Å². The highest BCUT2D eigenvalue weighted by atomic mass is 19.4. The van der Waals surface area contributed by atoms with Crippen LogP contribution in [-0.4, -0.2) is 29.5 Å². The van der Waals surface area contributed by atoms with E-state index in [4.69, 9.17) is 0 Å². The van der Waals surface area contributed by atoms with Crippen molar-refractivity contribution >= 4 is 17.5 Å². The van der Waals surface area contributed by atoms with E-state index in [1.54, 1.807) is 4.90 Å². The van der Waals surface area contributed by atoms with Crippen LogP contribution in [0.25, 0.3) is 0 Å². The third-order valence-electron chi connectivity index (χ3n) is 5.26. The molecule has 1 fully saturated rings. The minimum Gasteiger partial charge on any atom is -0.335 e. The first kappa shape index (κ1) is 20.3. The summed E-state index contributed by atoms with van der Waals surface area (Å²) in [6.45, 7) is 0.521. The topological polar surface area (TPSA) is 62.3 Å². The number of amides is 2. The van der Waals surface area contributed by atoms with Crippen LogP contribution in [0.3, 0.4) is 0 Å². The molecule has 1 N–H and O–H groups in total. The number of carbonyl (C=O) groups is 2. The van der Waals surface area contributed by atoms with Crippen molar-refractivity contribution in [2.45, 2.75) is 37.9 Å². The molecule has 0 unspecified atom stereocenters. The zero-order chi connectivity index (χ0) is 21.5. The first-order chi connectivity index (χ1) is 14.2. The van der Waals surface area contributed by atoms with Crippen molar-refractivity contribution in [2.24, 2.45) is 5.92 Å². The van der Waals surface area contributed by atoms with Crippen LogP contribution in [0.4, 0.5) is 23.2 Å². The standard InChI is InChI=1S/C21H19F4N3O2/c22-14-7-5-12(6-8-14)19(29)27-18(21(23,24)25)16-9-10-17-15(26-16)2-1-11-28(17)20(30)13-3-4-13/h5-10,13,18H,1-4,11H2,(H,27,29)/t18-/m0/s1. The zero-order valence-electron chi connectivity index (χ0n) is 15.9. The summed E-state index contributed by atoms with van der Waals surface area (Å²) in [5.74, 6) is -1.60. The summed E-state index contributed by atoms with van der Waals surface area (Å²) in [6.07, 6.45) is -2.05. The predicted octanol–water partition coefficient (Wildman–Crippen LogP) is 3.94. The van der Waals surface area contributed by atoms with Gasteiger partial charge in [0, 0.05) is 18.0 Å². The average Bonchev–Trinajstić information content (AvgIpc) is 3.55. The number of nitrogens with one attached hydrogen (secondary N) is 1. The second-order valence-electron chi connectivity index (χ2n) is 7.52. The van der Waals surface area contributed by atoms with Gasteiger partial charge in [0.05, 0.1) is 17.1 Å². The SMILES string of the molecule is O=C(N[C@@H](c1ccc2c(n1)CCCN2C(=O)C1CC1)C(F)(F)F)c1ccc(F)cc1. The van der Waals surface area contributed by atoms with Crippen LogP contribution in [0.5, 0.6) is 0 Å². The van der Waals surface area contributed by atoms with E-state index >= 15 is 0 Å². The highest BCUT2D eigenvalue weighted by Crippen LogP contribution is 2.37. The molecule has 9 heteroatoms. The number of aryl methyl sites for hydroxylation is 1. The number of hydrogen-bond acceptors (Lipinski definition) is 3. The normalized spacial score (nSPS) is 17.3. The molecule has 1 atom stereocenters. The Morgan fingerprint density at radius 1 is 1.10 bits per heavy atom. The van der Waals surface area contributed by atoms with E-state index in [0.717, 1.165) is 37.1 Å². The van der Waals surface area contributed by atoms with Gasteiger partial charge in [0.2, 0.25) is 5.91 Å². The number of hydrogen-bond donors (Lipinski definition) is 1. The van der Waals surface area contributed by atoms with Crippen molar-refractivity contribution in [2.75, 3.05) is 11.4 Å². The lowest BCUT2D eigenvalue weighted by Crippen LogP contribution is -2.40. The van der Waals surface area contributed by atoms with E-state index in [0.29, 0.717) is 30.8 Å². The number of rotatable bonds is 4. The predicted molar refractivity (Wildman–Crippen MR) is 100 cm³/mol. The Hall–Kier alpha value is -2.97. The minimum absolute atomic E-state index is 0.00597. The molecule has 2 amide bonds. The van der Waals surface area contributed by atoms with E-state index in [9.17, 15) is 27.2 Å². The minimum atomic E-state index is -4.78. The lowest BCUT2D eigenvalue weighted by atomic mass is 10.0. The van der Waals surface area contributed by atoms with Gasteiger partial charge in [0.1, 0.15) is 5.82 Å². The van der Waals surface area contributed by atoms with Gasteiger partial charge >= 0.3 is 6.18 Å². The van der Waals surface area contributed by atoms with Gasteiger partial charge in [-0.25, -0.2) is 4.39 Å². The largest absolute Gasteiger partial charge is 0.414 e. The van der Waals surface area contributed by atoms with Crippen molar-refractivity contribution in [1.29, 1.82) is 0 Å². The summed E-state index contributed by atoms with van der Waals surface area (Å²) in [5.41, 5.74) is 0.507. The third-order valence-corrected chi connectivity index (χ3v) is 5.26. The van der Waals surface area contributed by atoms with Crippen molar-refractivity contribution in [1.82, 2.24) is 10.3 Å². The number of halogens is 4. The van der Waals surface area contributed by atoms with Gasteiger partial charge in [-0.15, -0.1) is 0 Å². The fraction of sp³-hybridized carbons (Fsp3) is 0.381. The Bertz CT molecular complexity index is 971. The Labute approximate surface area is 170 Å². The summed E-state index contributed by atoms with van der Waals surface area (Å²) < 4.78 is 54.2. The fourth-order valence-electron chi connectivity index (χ4n) is 3.55. The van der Waals surface area contributed by atoms with Crippen LogP contribution in [0.15, 0.2) is 36.4 Å². The number of alkyl halides is 3. The van der Waals surface area contributed by atoms with E-state index in [1.165, 1.54) is 12.1 Å². The maximum Gasteiger partial charge on any atom is 0.414 e. The molecule has 158 valence electrons. The number of pyridine rings is 1. The molecule has 2 heterocycles. The van der Waals surface area contributed by atoms with Crippen molar-refractivity contribution in [3.05, 3.63) is 59.2 Å². The van der Waals surface area contributed by atoms with Crippen LogP contribution in [-0.2, 0) is 11.2 Å². The molecule has 2 aromatic rings. The molecule has 1 aromatic carbocycles. The third kappa shape index (κ3) is 4.15. The zero-order valence-corrected chi connectivity index (χ0v) is 15.9. The monoisotopic (exact) mass is 421 g/mol. The molecule has 2 aliphatic rings. The summed E-state index contributed by atoms with van der Waals surface area (Å²) in [6, 6.07) is 4.56. The second kappa shape index (κ2) is 7.70. The number of benzene rings is 1. The van der Waals surface area contributed by atoms with Crippen LogP contribution >= 0.6 is 0 Å². The molecular formula is C21H19F4N3O2. The van der Waals surface area contributed by atoms with Gasteiger partial charge in [-0.2, -0.15) is 13.2 Å². The van der Waals surface area contributed by atoms with Gasteiger partial charge in [-0.05, 0) is 62.1 Å². The highest BCUT2D eigenvalue weighted by molar-refractivity contribution is 5.97. The average molecular weight is 421 g/mol. The van der Waals surface area contributed by atoms with E-state index < -0.39 is 23.9 Å². The number of aromatic nitrogens is 1. The summed E-state index contributed by atoms with van der Waals surface area (Å²) in [4.78, 5) is 30.5. The molecule has 1 aliphatic heterocycles. The molecule has 1 saturated carbocycles. The smallest absolute Gasteiger partial charge is 0.335 e. The Kier molecular flexibility index (Phi) is 5.21. The van der Waals surface area contributed by atoms with E-state index in [2.05, 4.69) is 4.98 Å². The Morgan fingerprint density at radius 2 is 1.80 bits per heavy atom. The van der Waals surface area contributed by atoms with Gasteiger partial charge in [0.25, 0.3) is 5.91 Å². The van der Waals surface area contributed by atoms with Gasteiger partial charge in [-0.3, -0.25) is 14.6 Å². The van der Waals surface area contributed by atoms with Crippen LogP contribution in [0.1, 0.15) is 47.1 Å².